The molecule has 10 N–H and O–H groups in total. The molecule has 0 aromatic rings. The molecule has 0 bridgehead atoms. The molecule has 3 heterocycles. The molecule has 3 rings (SSSR count). The van der Waals surface area contributed by atoms with Gasteiger partial charge in [0.2, 0.25) is 5.91 Å². The number of hydrogen-bond acceptors (Lipinski definition) is 11. The normalized spacial score (nSPS) is 28.1. The predicted molar refractivity (Wildman–Crippen MR) is 238 cm³/mol. The highest BCUT2D eigenvalue weighted by Gasteiger charge is 2.56. The van der Waals surface area contributed by atoms with Crippen LogP contribution in [0.1, 0.15) is 133 Å². The third-order valence-electron chi connectivity index (χ3n) is 14.4. The van der Waals surface area contributed by atoms with E-state index in [4.69, 9.17) is 21.5 Å². The van der Waals surface area contributed by atoms with Crippen molar-refractivity contribution < 1.29 is 64.2 Å². The fourth-order valence-corrected chi connectivity index (χ4v) is 10.5. The average Bonchev–Trinajstić information content (AvgIpc) is 3.71. The molecule has 0 saturated carbocycles. The summed E-state index contributed by atoms with van der Waals surface area (Å²) in [6.45, 7) is 15.9. The first-order chi connectivity index (χ1) is 29.4. The number of rotatable bonds is 24. The molecule has 9 unspecified atom stereocenters. The molecule has 18 nitrogen and oxygen atoms in total. The van der Waals surface area contributed by atoms with Gasteiger partial charge in [-0.2, -0.15) is 0 Å². The lowest BCUT2D eigenvalue weighted by atomic mass is 9.57. The lowest BCUT2D eigenvalue weighted by Crippen LogP contribution is -2.47. The smallest absolute Gasteiger partial charge is 0.303 e. The standard InChI is InChI=1S/C46H67N5O13/c1-23(2)39(48)27(11-14-34(55)56)46(9,21-38(63)64)25(4)41-29(18-37(61)62)45(8,17-16-36(59)60)42(51-41)24(3)40-28(12-15-35(57)58)43(5,6)31(50-40)19-30-26(10-13-33(53)54)44(7,22-49-30)20-32(47)52/h19,22,25-29,41H,10-18,20-21,48H2,1-9H3,(H2,47,52)(H,53,54)(H,55,56)(H,57,58)(H,59,60)(H,61,62)(H,63,64)/b30-19-,40-24-. The molecule has 18 heteroatoms. The summed E-state index contributed by atoms with van der Waals surface area (Å²) in [5.74, 6) is -11.0. The van der Waals surface area contributed by atoms with Crippen LogP contribution in [0.4, 0.5) is 0 Å². The topological polar surface area (TPSA) is 330 Å². The van der Waals surface area contributed by atoms with Crippen molar-refractivity contribution in [2.24, 2.45) is 77.7 Å². The maximum atomic E-state index is 12.8. The molecule has 3 aliphatic rings. The Morgan fingerprint density at radius 1 is 0.797 bits per heavy atom. The van der Waals surface area contributed by atoms with E-state index in [1.807, 2.05) is 13.8 Å². The molecule has 354 valence electrons. The number of hydrogen-bond donors (Lipinski definition) is 8. The van der Waals surface area contributed by atoms with Crippen LogP contribution in [0.3, 0.4) is 0 Å². The van der Waals surface area contributed by atoms with E-state index in [-0.39, 0.29) is 57.8 Å². The fourth-order valence-electron chi connectivity index (χ4n) is 10.5. The third kappa shape index (κ3) is 11.7. The Morgan fingerprint density at radius 3 is 1.83 bits per heavy atom. The fraction of sp³-hybridized carbons (Fsp3) is 0.652. The second kappa shape index (κ2) is 20.4. The molecule has 0 spiro atoms. The van der Waals surface area contributed by atoms with E-state index in [0.717, 1.165) is 0 Å². The number of amides is 1. The molecule has 0 radical (unpaired) electrons. The maximum Gasteiger partial charge on any atom is 0.303 e. The quantitative estimate of drug-likeness (QED) is 0.0536. The van der Waals surface area contributed by atoms with Gasteiger partial charge in [-0.05, 0) is 69.4 Å². The maximum absolute atomic E-state index is 12.8. The van der Waals surface area contributed by atoms with E-state index >= 15 is 0 Å². The minimum Gasteiger partial charge on any atom is -0.481 e. The number of nitrogens with two attached hydrogens (primary N) is 2. The van der Waals surface area contributed by atoms with Gasteiger partial charge in [-0.15, -0.1) is 0 Å². The van der Waals surface area contributed by atoms with Gasteiger partial charge in [0.15, 0.2) is 0 Å². The molecule has 64 heavy (non-hydrogen) atoms. The number of carboxylic acid groups (broad SMARTS) is 6. The minimum absolute atomic E-state index is 0.0249. The molecule has 0 aliphatic carbocycles. The van der Waals surface area contributed by atoms with E-state index in [1.165, 1.54) is 0 Å². The van der Waals surface area contributed by atoms with Gasteiger partial charge in [0.05, 0.1) is 18.9 Å². The molecule has 9 atom stereocenters. The molecular weight excluding hydrogens is 831 g/mol. The van der Waals surface area contributed by atoms with Crippen LogP contribution in [0.2, 0.25) is 0 Å². The summed E-state index contributed by atoms with van der Waals surface area (Å²) < 4.78 is 0. The molecule has 3 aliphatic heterocycles. The van der Waals surface area contributed by atoms with Crippen LogP contribution >= 0.6 is 0 Å². The van der Waals surface area contributed by atoms with Crippen LogP contribution in [0.15, 0.2) is 49.3 Å². The van der Waals surface area contributed by atoms with Gasteiger partial charge in [0.1, 0.15) is 0 Å². The van der Waals surface area contributed by atoms with Crippen molar-refractivity contribution in [1.29, 1.82) is 0 Å². The minimum atomic E-state index is -1.31. The summed E-state index contributed by atoms with van der Waals surface area (Å²) >= 11 is 0. The number of aliphatic carboxylic acids is 6. The summed E-state index contributed by atoms with van der Waals surface area (Å²) in [4.78, 5) is 101. The van der Waals surface area contributed by atoms with E-state index in [0.29, 0.717) is 39.7 Å². The number of carbonyl (C=O) groups excluding carboxylic acids is 1. The van der Waals surface area contributed by atoms with Crippen LogP contribution in [-0.4, -0.2) is 96.0 Å². The highest BCUT2D eigenvalue weighted by atomic mass is 16.4. The Balaban J connectivity index is 2.46. The Hall–Kier alpha value is -5.68. The first kappa shape index (κ1) is 52.7. The SMILES string of the molecule is CC(C)=C(N)C(CCC(=O)O)C(C)(CC(=O)O)C(C)C1N=C(/C(C)=C2N=C(/C=C3\N=CC(C)(CC(N)=O)C3CCC(=O)O)C(C)(C)C\2CCC(=O)O)C(C)(CCC(=O)O)C1CC(=O)O. The monoisotopic (exact) mass is 897 g/mol. The van der Waals surface area contributed by atoms with E-state index in [1.54, 1.807) is 60.8 Å². The van der Waals surface area contributed by atoms with Crippen LogP contribution in [0, 0.1) is 51.2 Å². The van der Waals surface area contributed by atoms with Crippen LogP contribution in [-0.2, 0) is 33.6 Å². The largest absolute Gasteiger partial charge is 0.481 e. The number of primary amides is 1. The predicted octanol–water partition coefficient (Wildman–Crippen LogP) is 6.19. The summed E-state index contributed by atoms with van der Waals surface area (Å²) in [6.07, 6.45) is 1.15. The molecule has 0 saturated heterocycles. The van der Waals surface area contributed by atoms with Crippen molar-refractivity contribution in [2.45, 2.75) is 139 Å². The Labute approximate surface area is 373 Å². The summed E-state index contributed by atoms with van der Waals surface area (Å²) in [6, 6.07) is -0.953. The molecular formula is C46H67N5O13. The Bertz CT molecular complexity index is 2100. The second-order valence-electron chi connectivity index (χ2n) is 19.5. The Kier molecular flexibility index (Phi) is 16.8. The first-order valence-corrected chi connectivity index (χ1v) is 21.6. The summed E-state index contributed by atoms with van der Waals surface area (Å²) in [5.41, 5.74) is 11.0. The molecule has 0 fully saturated rings. The Morgan fingerprint density at radius 2 is 1.34 bits per heavy atom. The molecule has 0 aromatic carbocycles. The third-order valence-corrected chi connectivity index (χ3v) is 14.4. The second-order valence-corrected chi connectivity index (χ2v) is 19.5. The number of nitrogens with zero attached hydrogens (tertiary/aromatic N) is 3. The van der Waals surface area contributed by atoms with Crippen LogP contribution in [0.25, 0.3) is 0 Å². The average molecular weight is 898 g/mol. The number of carboxylic acids is 6. The highest BCUT2D eigenvalue weighted by Crippen LogP contribution is 2.56. The lowest BCUT2D eigenvalue weighted by molar-refractivity contribution is -0.144. The van der Waals surface area contributed by atoms with Crippen molar-refractivity contribution >= 4 is 59.4 Å². The highest BCUT2D eigenvalue weighted by molar-refractivity contribution is 6.09. The van der Waals surface area contributed by atoms with Gasteiger partial charge in [-0.25, -0.2) is 0 Å². The van der Waals surface area contributed by atoms with Crippen molar-refractivity contribution in [1.82, 2.24) is 0 Å². The first-order valence-electron chi connectivity index (χ1n) is 21.6. The van der Waals surface area contributed by atoms with Gasteiger partial charge in [-0.1, -0.05) is 47.1 Å². The number of carbonyl (C=O) groups is 7. The lowest BCUT2D eigenvalue weighted by Gasteiger charge is -2.46. The van der Waals surface area contributed by atoms with Crippen molar-refractivity contribution in [2.75, 3.05) is 0 Å². The van der Waals surface area contributed by atoms with Crippen LogP contribution < -0.4 is 11.5 Å². The van der Waals surface area contributed by atoms with Gasteiger partial charge in [0.25, 0.3) is 0 Å². The van der Waals surface area contributed by atoms with E-state index in [9.17, 15) is 64.2 Å². The zero-order valence-electron chi connectivity index (χ0n) is 38.4. The van der Waals surface area contributed by atoms with Crippen molar-refractivity contribution in [3.63, 3.8) is 0 Å². The summed E-state index contributed by atoms with van der Waals surface area (Å²) in [5, 5.41) is 60.0. The van der Waals surface area contributed by atoms with E-state index < -0.39 is 112 Å². The zero-order chi connectivity index (χ0) is 48.9. The van der Waals surface area contributed by atoms with Crippen LogP contribution in [0.5, 0.6) is 0 Å². The number of allylic oxidation sites excluding steroid dienone is 6. The number of aliphatic imine (C=N–C) groups is 3. The van der Waals surface area contributed by atoms with Gasteiger partial charge in [0, 0.05) is 107 Å². The van der Waals surface area contributed by atoms with Crippen molar-refractivity contribution in [3.05, 3.63) is 34.3 Å². The summed E-state index contributed by atoms with van der Waals surface area (Å²) in [7, 11) is 0. The van der Waals surface area contributed by atoms with Crippen molar-refractivity contribution in [3.8, 4) is 0 Å². The van der Waals surface area contributed by atoms with Gasteiger partial charge >= 0.3 is 35.8 Å². The van der Waals surface area contributed by atoms with Gasteiger partial charge in [-0.3, -0.25) is 48.5 Å². The zero-order valence-corrected chi connectivity index (χ0v) is 38.4. The van der Waals surface area contributed by atoms with Gasteiger partial charge < -0.3 is 42.1 Å². The van der Waals surface area contributed by atoms with E-state index in [2.05, 4.69) is 4.99 Å². The molecule has 1 amide bonds. The molecule has 0 aromatic heterocycles.